The number of alkyl carbamates (subject to hydrolysis) is 1. The summed E-state index contributed by atoms with van der Waals surface area (Å²) in [7, 11) is 1.39. The average molecular weight is 315 g/mol. The SMILES string of the molecule is COC(=O)[C@H]1C(NC(=O)OCc2ccccc2)C2C=C[C@H]1CC2. The molecule has 1 amide bonds. The molecule has 2 bridgehead atoms. The van der Waals surface area contributed by atoms with Crippen LogP contribution in [0.25, 0.3) is 0 Å². The molecule has 4 atom stereocenters. The van der Waals surface area contributed by atoms with Crippen LogP contribution in [-0.2, 0) is 20.9 Å². The minimum atomic E-state index is -0.492. The van der Waals surface area contributed by atoms with E-state index in [0.29, 0.717) is 0 Å². The van der Waals surface area contributed by atoms with Crippen LogP contribution in [-0.4, -0.2) is 25.2 Å². The number of hydrogen-bond acceptors (Lipinski definition) is 4. The summed E-state index contributed by atoms with van der Waals surface area (Å²) in [6, 6.07) is 9.25. The summed E-state index contributed by atoms with van der Waals surface area (Å²) in [6.07, 6.45) is 5.60. The van der Waals surface area contributed by atoms with Gasteiger partial charge >= 0.3 is 12.1 Å². The first-order chi connectivity index (χ1) is 11.2. The summed E-state index contributed by atoms with van der Waals surface area (Å²) < 4.78 is 10.2. The first-order valence-corrected chi connectivity index (χ1v) is 7.92. The number of rotatable bonds is 4. The van der Waals surface area contributed by atoms with Crippen LogP contribution in [0.3, 0.4) is 0 Å². The molecule has 1 N–H and O–H groups in total. The molecule has 1 saturated carbocycles. The van der Waals surface area contributed by atoms with Gasteiger partial charge in [0.15, 0.2) is 0 Å². The molecule has 0 aromatic heterocycles. The molecular weight excluding hydrogens is 294 g/mol. The van der Waals surface area contributed by atoms with Crippen LogP contribution >= 0.6 is 0 Å². The minimum absolute atomic E-state index is 0.131. The van der Waals surface area contributed by atoms with Crippen LogP contribution in [0.2, 0.25) is 0 Å². The van der Waals surface area contributed by atoms with Crippen molar-refractivity contribution >= 4 is 12.1 Å². The number of carbonyl (C=O) groups excluding carboxylic acids is 2. The molecule has 3 aliphatic carbocycles. The third kappa shape index (κ3) is 3.38. The number of benzene rings is 1. The van der Waals surface area contributed by atoms with E-state index in [-0.39, 0.29) is 36.4 Å². The predicted molar refractivity (Wildman–Crippen MR) is 84.4 cm³/mol. The number of hydrogen-bond donors (Lipinski definition) is 1. The molecule has 0 aliphatic heterocycles. The molecule has 5 nitrogen and oxygen atoms in total. The Morgan fingerprint density at radius 1 is 1.13 bits per heavy atom. The number of esters is 1. The van der Waals surface area contributed by atoms with Gasteiger partial charge in [0.1, 0.15) is 6.61 Å². The van der Waals surface area contributed by atoms with Crippen molar-refractivity contribution in [3.05, 3.63) is 48.0 Å². The lowest BCUT2D eigenvalue weighted by Gasteiger charge is -2.43. The van der Waals surface area contributed by atoms with Gasteiger partial charge < -0.3 is 14.8 Å². The van der Waals surface area contributed by atoms with Crippen LogP contribution in [0.5, 0.6) is 0 Å². The fraction of sp³-hybridized carbons (Fsp3) is 0.444. The third-order valence-corrected chi connectivity index (χ3v) is 4.72. The van der Waals surface area contributed by atoms with Crippen molar-refractivity contribution in [1.82, 2.24) is 5.32 Å². The summed E-state index contributed by atoms with van der Waals surface area (Å²) in [6.45, 7) is 0.215. The molecule has 0 saturated heterocycles. The Balaban J connectivity index is 1.62. The number of fused-ring (bicyclic) bond motifs is 2. The van der Waals surface area contributed by atoms with Crippen molar-refractivity contribution in [1.29, 1.82) is 0 Å². The van der Waals surface area contributed by atoms with Crippen molar-refractivity contribution in [3.63, 3.8) is 0 Å². The summed E-state index contributed by atoms with van der Waals surface area (Å²) in [5.41, 5.74) is 0.928. The zero-order valence-electron chi connectivity index (χ0n) is 13.1. The van der Waals surface area contributed by atoms with Gasteiger partial charge in [0.2, 0.25) is 0 Å². The lowest BCUT2D eigenvalue weighted by atomic mass is 9.66. The van der Waals surface area contributed by atoms with Crippen molar-refractivity contribution in [2.24, 2.45) is 17.8 Å². The van der Waals surface area contributed by atoms with E-state index in [1.807, 2.05) is 30.3 Å². The van der Waals surface area contributed by atoms with Gasteiger partial charge in [-0.2, -0.15) is 0 Å². The Kier molecular flexibility index (Phi) is 4.65. The summed E-state index contributed by atoms with van der Waals surface area (Å²) >= 11 is 0. The van der Waals surface area contributed by atoms with Crippen LogP contribution in [0.15, 0.2) is 42.5 Å². The van der Waals surface area contributed by atoms with E-state index in [4.69, 9.17) is 9.47 Å². The Morgan fingerprint density at radius 3 is 2.48 bits per heavy atom. The van der Waals surface area contributed by atoms with Gasteiger partial charge in [-0.1, -0.05) is 42.5 Å². The fourth-order valence-electron chi connectivity index (χ4n) is 3.55. The highest BCUT2D eigenvalue weighted by Crippen LogP contribution is 2.41. The molecular formula is C18H21NO4. The molecule has 1 aromatic rings. The van der Waals surface area contributed by atoms with E-state index in [0.717, 1.165) is 18.4 Å². The normalized spacial score (nSPS) is 28.2. The molecule has 4 rings (SSSR count). The third-order valence-electron chi connectivity index (χ3n) is 4.72. The van der Waals surface area contributed by atoms with Gasteiger partial charge in [-0.25, -0.2) is 4.79 Å². The van der Waals surface area contributed by atoms with Crippen molar-refractivity contribution in [2.75, 3.05) is 7.11 Å². The molecule has 122 valence electrons. The van der Waals surface area contributed by atoms with Gasteiger partial charge in [0, 0.05) is 0 Å². The van der Waals surface area contributed by atoms with Crippen molar-refractivity contribution in [2.45, 2.75) is 25.5 Å². The lowest BCUT2D eigenvalue weighted by molar-refractivity contribution is -0.150. The van der Waals surface area contributed by atoms with Gasteiger partial charge in [-0.05, 0) is 30.2 Å². The lowest BCUT2D eigenvalue weighted by Crippen LogP contribution is -2.54. The maximum atomic E-state index is 12.1. The van der Waals surface area contributed by atoms with Crippen molar-refractivity contribution < 1.29 is 19.1 Å². The number of amides is 1. The van der Waals surface area contributed by atoms with Crippen LogP contribution in [0, 0.1) is 17.8 Å². The van der Waals surface area contributed by atoms with Crippen molar-refractivity contribution in [3.8, 4) is 0 Å². The van der Waals surface area contributed by atoms with Gasteiger partial charge in [0.25, 0.3) is 0 Å². The van der Waals surface area contributed by atoms with Crippen LogP contribution < -0.4 is 5.32 Å². The van der Waals surface area contributed by atoms with Crippen LogP contribution in [0.4, 0.5) is 4.79 Å². The Labute approximate surface area is 135 Å². The van der Waals surface area contributed by atoms with E-state index in [2.05, 4.69) is 17.5 Å². The zero-order chi connectivity index (χ0) is 16.2. The van der Waals surface area contributed by atoms with E-state index in [1.54, 1.807) is 0 Å². The highest BCUT2D eigenvalue weighted by atomic mass is 16.5. The summed E-state index contributed by atoms with van der Waals surface area (Å²) in [4.78, 5) is 24.2. The molecule has 0 radical (unpaired) electrons. The molecule has 0 heterocycles. The second-order valence-corrected chi connectivity index (χ2v) is 6.07. The first kappa shape index (κ1) is 15.6. The predicted octanol–water partition coefficient (Wildman–Crippen LogP) is 2.67. The number of methoxy groups -OCH3 is 1. The molecule has 1 fully saturated rings. The first-order valence-electron chi connectivity index (χ1n) is 7.92. The molecule has 3 aliphatic rings. The van der Waals surface area contributed by atoms with E-state index in [1.165, 1.54) is 7.11 Å². The number of allylic oxidation sites excluding steroid dienone is 1. The fourth-order valence-corrected chi connectivity index (χ4v) is 3.55. The molecule has 23 heavy (non-hydrogen) atoms. The van der Waals surface area contributed by atoms with E-state index < -0.39 is 6.09 Å². The van der Waals surface area contributed by atoms with E-state index in [9.17, 15) is 9.59 Å². The smallest absolute Gasteiger partial charge is 0.407 e. The topological polar surface area (TPSA) is 64.6 Å². The average Bonchev–Trinajstić information content (AvgIpc) is 2.61. The van der Waals surface area contributed by atoms with Gasteiger partial charge in [0.05, 0.1) is 19.1 Å². The summed E-state index contributed by atoms with van der Waals surface area (Å²) in [5.74, 6) is -0.300. The van der Waals surface area contributed by atoms with Gasteiger partial charge in [-0.15, -0.1) is 0 Å². The largest absolute Gasteiger partial charge is 0.469 e. The monoisotopic (exact) mass is 315 g/mol. The highest BCUT2D eigenvalue weighted by Gasteiger charge is 2.46. The molecule has 1 aromatic carbocycles. The zero-order valence-corrected chi connectivity index (χ0v) is 13.1. The highest BCUT2D eigenvalue weighted by molar-refractivity contribution is 5.76. The maximum Gasteiger partial charge on any atom is 0.407 e. The number of nitrogens with one attached hydrogen (secondary N) is 1. The molecule has 2 unspecified atom stereocenters. The number of carbonyl (C=O) groups is 2. The standard InChI is InChI=1S/C18H21NO4/c1-22-17(20)15-13-7-9-14(10-8-13)16(15)19-18(21)23-11-12-5-3-2-4-6-12/h2-7,9,13-16H,8,10-11H2,1H3,(H,19,21)/t13-,14?,15+,16?/m0/s1. The van der Waals surface area contributed by atoms with Gasteiger partial charge in [-0.3, -0.25) is 4.79 Å². The Hall–Kier alpha value is -2.30. The second-order valence-electron chi connectivity index (χ2n) is 6.07. The maximum absolute atomic E-state index is 12.1. The quantitative estimate of drug-likeness (QED) is 0.685. The Bertz CT molecular complexity index is 598. The summed E-state index contributed by atoms with van der Waals surface area (Å²) in [5, 5.41) is 2.87. The minimum Gasteiger partial charge on any atom is -0.469 e. The Morgan fingerprint density at radius 2 is 1.83 bits per heavy atom. The van der Waals surface area contributed by atoms with E-state index >= 15 is 0 Å². The number of ether oxygens (including phenoxy) is 2. The molecule has 5 heteroatoms. The molecule has 0 spiro atoms. The van der Waals surface area contributed by atoms with Crippen LogP contribution in [0.1, 0.15) is 18.4 Å². The second kappa shape index (κ2) is 6.86.